The minimum atomic E-state index is 0.703. The molecule has 0 atom stereocenters. The standard InChI is InChI=1S/C34H18BrClOS/c35-25-11-5-16-30-33(25)32-23(10-4-15-29(32)38-30)24-18-20(17-19-7-1-2-8-21(19)24)22-9-3-13-27-31(22)34-26(36)12-6-14-28(34)37-27/h1-18H. The van der Waals surface area contributed by atoms with Crippen molar-refractivity contribution >= 4 is 91.8 Å². The second-order valence-corrected chi connectivity index (χ2v) is 11.9. The molecule has 8 rings (SSSR count). The van der Waals surface area contributed by atoms with Crippen LogP contribution < -0.4 is 0 Å². The number of hydrogen-bond acceptors (Lipinski definition) is 2. The van der Waals surface area contributed by atoms with Gasteiger partial charge in [-0.3, -0.25) is 0 Å². The minimum Gasteiger partial charge on any atom is -0.456 e. The lowest BCUT2D eigenvalue weighted by molar-refractivity contribution is 0.669. The van der Waals surface area contributed by atoms with E-state index in [-0.39, 0.29) is 0 Å². The van der Waals surface area contributed by atoms with E-state index in [2.05, 4.69) is 101 Å². The van der Waals surface area contributed by atoms with Gasteiger partial charge >= 0.3 is 0 Å². The molecule has 0 aliphatic rings. The molecule has 0 saturated carbocycles. The molecule has 4 heteroatoms. The van der Waals surface area contributed by atoms with Gasteiger partial charge in [0.25, 0.3) is 0 Å². The maximum absolute atomic E-state index is 6.72. The number of fused-ring (bicyclic) bond motifs is 7. The molecule has 6 aromatic carbocycles. The zero-order valence-corrected chi connectivity index (χ0v) is 23.1. The molecule has 8 aromatic rings. The van der Waals surface area contributed by atoms with Crippen molar-refractivity contribution in [1.82, 2.24) is 0 Å². The van der Waals surface area contributed by atoms with E-state index in [0.29, 0.717) is 5.02 Å². The molecule has 180 valence electrons. The first kappa shape index (κ1) is 22.4. The Hall–Kier alpha value is -3.63. The number of rotatable bonds is 2. The number of thiophene rings is 1. The van der Waals surface area contributed by atoms with Gasteiger partial charge in [-0.1, -0.05) is 88.2 Å². The monoisotopic (exact) mass is 588 g/mol. The topological polar surface area (TPSA) is 13.1 Å². The predicted molar refractivity (Wildman–Crippen MR) is 168 cm³/mol. The highest BCUT2D eigenvalue weighted by atomic mass is 79.9. The van der Waals surface area contributed by atoms with Crippen molar-refractivity contribution in [2.75, 3.05) is 0 Å². The fourth-order valence-electron chi connectivity index (χ4n) is 5.80. The van der Waals surface area contributed by atoms with Crippen LogP contribution in [0.2, 0.25) is 5.02 Å². The predicted octanol–water partition coefficient (Wildman–Crippen LogP) is 11.9. The van der Waals surface area contributed by atoms with Crippen LogP contribution in [0.15, 0.2) is 118 Å². The zero-order chi connectivity index (χ0) is 25.4. The lowest BCUT2D eigenvalue weighted by Crippen LogP contribution is -1.87. The molecule has 0 unspecified atom stereocenters. The Bertz CT molecular complexity index is 2220. The molecule has 0 aliphatic carbocycles. The second-order valence-electron chi connectivity index (χ2n) is 9.53. The summed E-state index contributed by atoms with van der Waals surface area (Å²) in [6.07, 6.45) is 0. The van der Waals surface area contributed by atoms with E-state index in [1.807, 2.05) is 35.6 Å². The molecule has 0 amide bonds. The van der Waals surface area contributed by atoms with Gasteiger partial charge in [0.2, 0.25) is 0 Å². The highest BCUT2D eigenvalue weighted by Gasteiger charge is 2.18. The van der Waals surface area contributed by atoms with Crippen molar-refractivity contribution in [2.45, 2.75) is 0 Å². The lowest BCUT2D eigenvalue weighted by atomic mass is 9.90. The Kier molecular flexibility index (Phi) is 4.97. The molecule has 2 aromatic heterocycles. The third-order valence-corrected chi connectivity index (χ3v) is 9.50. The van der Waals surface area contributed by atoms with Crippen LogP contribution in [0.3, 0.4) is 0 Å². The summed E-state index contributed by atoms with van der Waals surface area (Å²) in [4.78, 5) is 0. The first-order chi connectivity index (χ1) is 18.7. The first-order valence-corrected chi connectivity index (χ1v) is 14.4. The van der Waals surface area contributed by atoms with Gasteiger partial charge in [0.1, 0.15) is 11.2 Å². The van der Waals surface area contributed by atoms with Crippen molar-refractivity contribution in [3.05, 3.63) is 119 Å². The summed E-state index contributed by atoms with van der Waals surface area (Å²) in [7, 11) is 0. The van der Waals surface area contributed by atoms with E-state index in [4.69, 9.17) is 16.0 Å². The maximum Gasteiger partial charge on any atom is 0.136 e. The van der Waals surface area contributed by atoms with E-state index in [0.717, 1.165) is 37.5 Å². The van der Waals surface area contributed by atoms with Gasteiger partial charge in [-0.15, -0.1) is 11.3 Å². The van der Waals surface area contributed by atoms with E-state index >= 15 is 0 Å². The Labute approximate surface area is 236 Å². The summed E-state index contributed by atoms with van der Waals surface area (Å²) >= 11 is 12.4. The van der Waals surface area contributed by atoms with Gasteiger partial charge in [0, 0.05) is 35.4 Å². The Morgan fingerprint density at radius 3 is 2.18 bits per heavy atom. The number of benzene rings is 6. The molecule has 2 heterocycles. The van der Waals surface area contributed by atoms with Crippen molar-refractivity contribution in [2.24, 2.45) is 0 Å². The number of halogens is 2. The second kappa shape index (κ2) is 8.44. The third kappa shape index (κ3) is 3.23. The van der Waals surface area contributed by atoms with E-state index in [9.17, 15) is 0 Å². The fraction of sp³-hybridized carbons (Fsp3) is 0. The minimum absolute atomic E-state index is 0.703. The fourth-order valence-corrected chi connectivity index (χ4v) is 7.92. The Morgan fingerprint density at radius 2 is 1.29 bits per heavy atom. The highest BCUT2D eigenvalue weighted by molar-refractivity contribution is 9.10. The van der Waals surface area contributed by atoms with Gasteiger partial charge in [-0.25, -0.2) is 0 Å². The van der Waals surface area contributed by atoms with Crippen LogP contribution in [-0.2, 0) is 0 Å². The molecule has 0 saturated heterocycles. The van der Waals surface area contributed by atoms with Crippen LogP contribution in [0.5, 0.6) is 0 Å². The Balaban J connectivity index is 1.50. The maximum atomic E-state index is 6.72. The molecule has 1 nitrogen and oxygen atoms in total. The average Bonchev–Trinajstić information content (AvgIpc) is 3.52. The molecule has 0 spiro atoms. The number of furan rings is 1. The van der Waals surface area contributed by atoms with E-state index in [1.165, 1.54) is 42.1 Å². The third-order valence-electron chi connectivity index (χ3n) is 7.41. The molecule has 0 fully saturated rings. The van der Waals surface area contributed by atoms with Crippen molar-refractivity contribution in [3.63, 3.8) is 0 Å². The number of hydrogen-bond donors (Lipinski definition) is 0. The van der Waals surface area contributed by atoms with Crippen molar-refractivity contribution < 1.29 is 4.42 Å². The smallest absolute Gasteiger partial charge is 0.136 e. The van der Waals surface area contributed by atoms with Gasteiger partial charge in [-0.05, 0) is 81.6 Å². The van der Waals surface area contributed by atoms with Gasteiger partial charge in [0.15, 0.2) is 0 Å². The lowest BCUT2D eigenvalue weighted by Gasteiger charge is -2.14. The van der Waals surface area contributed by atoms with Crippen molar-refractivity contribution in [1.29, 1.82) is 0 Å². The average molecular weight is 590 g/mol. The van der Waals surface area contributed by atoms with E-state index < -0.39 is 0 Å². The van der Waals surface area contributed by atoms with Crippen LogP contribution >= 0.6 is 38.9 Å². The molecule has 0 N–H and O–H groups in total. The summed E-state index contributed by atoms with van der Waals surface area (Å²) in [6.45, 7) is 0. The summed E-state index contributed by atoms with van der Waals surface area (Å²) in [5.41, 5.74) is 6.36. The summed E-state index contributed by atoms with van der Waals surface area (Å²) in [5, 5.41) is 7.71. The van der Waals surface area contributed by atoms with Crippen LogP contribution in [0.25, 0.3) is 75.1 Å². The highest BCUT2D eigenvalue weighted by Crippen LogP contribution is 2.46. The zero-order valence-electron chi connectivity index (χ0n) is 20.0. The molecule has 38 heavy (non-hydrogen) atoms. The Morgan fingerprint density at radius 1 is 0.579 bits per heavy atom. The van der Waals surface area contributed by atoms with Gasteiger partial charge < -0.3 is 4.42 Å². The molecule has 0 bridgehead atoms. The molecule has 0 aliphatic heterocycles. The normalized spacial score (nSPS) is 11.9. The quantitative estimate of drug-likeness (QED) is 0.195. The summed E-state index contributed by atoms with van der Waals surface area (Å²) in [6, 6.07) is 38.5. The van der Waals surface area contributed by atoms with Crippen LogP contribution in [0.4, 0.5) is 0 Å². The van der Waals surface area contributed by atoms with Crippen molar-refractivity contribution in [3.8, 4) is 22.3 Å². The first-order valence-electron chi connectivity index (χ1n) is 12.4. The summed E-state index contributed by atoms with van der Waals surface area (Å²) < 4.78 is 9.91. The van der Waals surface area contributed by atoms with Crippen LogP contribution in [0.1, 0.15) is 0 Å². The molecule has 0 radical (unpaired) electrons. The van der Waals surface area contributed by atoms with Gasteiger partial charge in [0.05, 0.1) is 5.02 Å². The molecular formula is C34H18BrClOS. The largest absolute Gasteiger partial charge is 0.456 e. The van der Waals surface area contributed by atoms with Crippen LogP contribution in [-0.4, -0.2) is 0 Å². The molecular weight excluding hydrogens is 572 g/mol. The SMILES string of the molecule is Clc1cccc2oc3cccc(-c4cc(-c5cccc6sc7cccc(Br)c7c56)c5ccccc5c4)c3c12. The van der Waals surface area contributed by atoms with Crippen LogP contribution in [0, 0.1) is 0 Å². The van der Waals surface area contributed by atoms with E-state index in [1.54, 1.807) is 0 Å². The van der Waals surface area contributed by atoms with Gasteiger partial charge in [-0.2, -0.15) is 0 Å². The summed E-state index contributed by atoms with van der Waals surface area (Å²) in [5.74, 6) is 0.